The lowest BCUT2D eigenvalue weighted by atomic mass is 10.1. The minimum absolute atomic E-state index is 0.253. The normalized spacial score (nSPS) is 10.3. The highest BCUT2D eigenvalue weighted by Crippen LogP contribution is 2.27. The fourth-order valence-corrected chi connectivity index (χ4v) is 3.46. The first-order valence-electron chi connectivity index (χ1n) is 9.58. The summed E-state index contributed by atoms with van der Waals surface area (Å²) in [5, 5.41) is 10.1. The van der Waals surface area contributed by atoms with Crippen LogP contribution >= 0.6 is 11.3 Å². The van der Waals surface area contributed by atoms with Crippen molar-refractivity contribution in [1.29, 1.82) is 0 Å². The zero-order chi connectivity index (χ0) is 22.2. The number of carbonyl (C=O) groups is 2. The number of aryl methyl sites for hydroxylation is 1. The summed E-state index contributed by atoms with van der Waals surface area (Å²) in [4.78, 5) is 28.6. The Kier molecular flexibility index (Phi) is 7.45. The zero-order valence-electron chi connectivity index (χ0n) is 17.5. The fraction of sp³-hybridized carbons (Fsp3) is 0.227. The molecule has 31 heavy (non-hydrogen) atoms. The number of amides is 3. The van der Waals surface area contributed by atoms with Gasteiger partial charge in [0, 0.05) is 17.6 Å². The number of thiazole rings is 1. The van der Waals surface area contributed by atoms with E-state index in [2.05, 4.69) is 20.9 Å². The van der Waals surface area contributed by atoms with Gasteiger partial charge in [0.2, 0.25) is 0 Å². The van der Waals surface area contributed by atoms with Gasteiger partial charge >= 0.3 is 6.03 Å². The number of nitrogens with one attached hydrogen (secondary N) is 3. The summed E-state index contributed by atoms with van der Waals surface area (Å²) in [5.74, 6) is 0.999. The zero-order valence-corrected chi connectivity index (χ0v) is 18.3. The van der Waals surface area contributed by atoms with E-state index in [1.165, 1.54) is 11.3 Å². The fourth-order valence-electron chi connectivity index (χ4n) is 2.78. The summed E-state index contributed by atoms with van der Waals surface area (Å²) in [6.07, 6.45) is 0.625. The third kappa shape index (κ3) is 6.19. The lowest BCUT2D eigenvalue weighted by Gasteiger charge is -2.09. The Morgan fingerprint density at radius 1 is 1.00 bits per heavy atom. The van der Waals surface area contributed by atoms with Gasteiger partial charge in [0.15, 0.2) is 16.6 Å². The van der Waals surface area contributed by atoms with E-state index in [1.807, 2.05) is 49.4 Å². The van der Waals surface area contributed by atoms with Gasteiger partial charge in [-0.05, 0) is 43.2 Å². The SMILES string of the molecule is COc1ccc(CCNC(=O)c2csc(NC(=O)Nc3ccc(C)cc3)n2)cc1OC. The highest BCUT2D eigenvalue weighted by atomic mass is 32.1. The van der Waals surface area contributed by atoms with Gasteiger partial charge in [0.05, 0.1) is 14.2 Å². The van der Waals surface area contributed by atoms with Gasteiger partial charge < -0.3 is 20.1 Å². The van der Waals surface area contributed by atoms with E-state index in [0.29, 0.717) is 35.3 Å². The summed E-state index contributed by atoms with van der Waals surface area (Å²) in [6, 6.07) is 12.7. The molecular formula is C22H24N4O4S. The van der Waals surface area contributed by atoms with Crippen molar-refractivity contribution in [2.75, 3.05) is 31.4 Å². The highest BCUT2D eigenvalue weighted by molar-refractivity contribution is 7.14. The van der Waals surface area contributed by atoms with E-state index in [1.54, 1.807) is 19.6 Å². The van der Waals surface area contributed by atoms with Crippen molar-refractivity contribution >= 4 is 34.1 Å². The van der Waals surface area contributed by atoms with E-state index in [9.17, 15) is 9.59 Å². The van der Waals surface area contributed by atoms with Crippen molar-refractivity contribution in [1.82, 2.24) is 10.3 Å². The second kappa shape index (κ2) is 10.4. The molecule has 0 atom stereocenters. The molecule has 0 aliphatic rings. The molecule has 9 heteroatoms. The Hall–Kier alpha value is -3.59. The Balaban J connectivity index is 1.48. The number of aromatic nitrogens is 1. The van der Waals surface area contributed by atoms with Crippen molar-refractivity contribution in [3.8, 4) is 11.5 Å². The number of carbonyl (C=O) groups excluding carboxylic acids is 2. The smallest absolute Gasteiger partial charge is 0.325 e. The van der Waals surface area contributed by atoms with Crippen LogP contribution in [0.15, 0.2) is 47.8 Å². The lowest BCUT2D eigenvalue weighted by Crippen LogP contribution is -2.26. The maximum absolute atomic E-state index is 12.3. The van der Waals surface area contributed by atoms with Crippen LogP contribution in [0.5, 0.6) is 11.5 Å². The van der Waals surface area contributed by atoms with Gasteiger partial charge in [-0.2, -0.15) is 0 Å². The number of rotatable bonds is 8. The van der Waals surface area contributed by atoms with Crippen molar-refractivity contribution in [3.05, 3.63) is 64.7 Å². The molecule has 1 aromatic heterocycles. The Morgan fingerprint density at radius 2 is 1.74 bits per heavy atom. The molecule has 0 unspecified atom stereocenters. The highest BCUT2D eigenvalue weighted by Gasteiger charge is 2.13. The summed E-state index contributed by atoms with van der Waals surface area (Å²) < 4.78 is 10.5. The average Bonchev–Trinajstić information content (AvgIpc) is 3.23. The van der Waals surface area contributed by atoms with Crippen LogP contribution in [-0.2, 0) is 6.42 Å². The Morgan fingerprint density at radius 3 is 2.45 bits per heavy atom. The minimum Gasteiger partial charge on any atom is -0.493 e. The third-order valence-electron chi connectivity index (χ3n) is 4.41. The number of anilines is 2. The molecule has 3 rings (SSSR count). The van der Waals surface area contributed by atoms with Crippen LogP contribution in [0.4, 0.5) is 15.6 Å². The number of hydrogen-bond acceptors (Lipinski definition) is 6. The molecule has 1 heterocycles. The Bertz CT molecular complexity index is 1050. The van der Waals surface area contributed by atoms with E-state index < -0.39 is 6.03 Å². The van der Waals surface area contributed by atoms with Crippen molar-refractivity contribution < 1.29 is 19.1 Å². The quantitative estimate of drug-likeness (QED) is 0.490. The minimum atomic E-state index is -0.418. The van der Waals surface area contributed by atoms with E-state index >= 15 is 0 Å². The van der Waals surface area contributed by atoms with E-state index in [0.717, 1.165) is 11.1 Å². The molecule has 0 fully saturated rings. The van der Waals surface area contributed by atoms with Crippen LogP contribution in [0.1, 0.15) is 21.6 Å². The van der Waals surface area contributed by atoms with Gasteiger partial charge in [-0.15, -0.1) is 11.3 Å². The largest absolute Gasteiger partial charge is 0.493 e. The second-order valence-electron chi connectivity index (χ2n) is 6.68. The first kappa shape index (κ1) is 22.1. The molecule has 2 aromatic carbocycles. The van der Waals surface area contributed by atoms with Crippen LogP contribution in [0.3, 0.4) is 0 Å². The number of methoxy groups -OCH3 is 2. The van der Waals surface area contributed by atoms with Crippen molar-refractivity contribution in [2.45, 2.75) is 13.3 Å². The van der Waals surface area contributed by atoms with Gasteiger partial charge in [-0.3, -0.25) is 10.1 Å². The molecule has 3 amide bonds. The molecule has 3 N–H and O–H groups in total. The molecule has 0 aliphatic heterocycles. The molecule has 0 aliphatic carbocycles. The topological polar surface area (TPSA) is 102 Å². The summed E-state index contributed by atoms with van der Waals surface area (Å²) in [6.45, 7) is 2.41. The predicted octanol–water partition coefficient (Wildman–Crippen LogP) is 4.09. The van der Waals surface area contributed by atoms with Crippen LogP contribution in [0.25, 0.3) is 0 Å². The van der Waals surface area contributed by atoms with Gasteiger partial charge in [-0.1, -0.05) is 23.8 Å². The monoisotopic (exact) mass is 440 g/mol. The maximum Gasteiger partial charge on any atom is 0.325 e. The number of urea groups is 1. The number of nitrogens with zero attached hydrogens (tertiary/aromatic N) is 1. The molecule has 162 valence electrons. The second-order valence-corrected chi connectivity index (χ2v) is 7.54. The number of benzene rings is 2. The molecular weight excluding hydrogens is 416 g/mol. The maximum atomic E-state index is 12.3. The van der Waals surface area contributed by atoms with Gasteiger partial charge in [0.1, 0.15) is 5.69 Å². The molecule has 0 saturated carbocycles. The van der Waals surface area contributed by atoms with Crippen LogP contribution < -0.4 is 25.4 Å². The van der Waals surface area contributed by atoms with Crippen LogP contribution in [-0.4, -0.2) is 37.7 Å². The Labute approximate surface area is 184 Å². The number of hydrogen-bond donors (Lipinski definition) is 3. The standard InChI is InChI=1S/C22H24N4O4S/c1-14-4-7-16(8-5-14)24-21(28)26-22-25-17(13-31-22)20(27)23-11-10-15-6-9-18(29-2)19(12-15)30-3/h4-9,12-13H,10-11H2,1-3H3,(H,23,27)(H2,24,25,26,28). The first-order chi connectivity index (χ1) is 15.0. The van der Waals surface area contributed by atoms with Crippen molar-refractivity contribution in [3.63, 3.8) is 0 Å². The third-order valence-corrected chi connectivity index (χ3v) is 5.17. The van der Waals surface area contributed by atoms with E-state index in [4.69, 9.17) is 9.47 Å². The molecule has 0 spiro atoms. The molecule has 0 bridgehead atoms. The lowest BCUT2D eigenvalue weighted by molar-refractivity contribution is 0.0950. The molecule has 0 saturated heterocycles. The molecule has 3 aromatic rings. The summed E-state index contributed by atoms with van der Waals surface area (Å²) >= 11 is 1.18. The van der Waals surface area contributed by atoms with Crippen molar-refractivity contribution in [2.24, 2.45) is 0 Å². The summed E-state index contributed by atoms with van der Waals surface area (Å²) in [7, 11) is 3.17. The van der Waals surface area contributed by atoms with Crippen LogP contribution in [0, 0.1) is 6.92 Å². The number of ether oxygens (including phenoxy) is 2. The van der Waals surface area contributed by atoms with Gasteiger partial charge in [-0.25, -0.2) is 9.78 Å². The van der Waals surface area contributed by atoms with E-state index in [-0.39, 0.29) is 11.6 Å². The first-order valence-corrected chi connectivity index (χ1v) is 10.5. The summed E-state index contributed by atoms with van der Waals surface area (Å²) in [5.41, 5.74) is 3.04. The van der Waals surface area contributed by atoms with Crippen LogP contribution in [0.2, 0.25) is 0 Å². The molecule has 8 nitrogen and oxygen atoms in total. The molecule has 0 radical (unpaired) electrons. The average molecular weight is 441 g/mol. The predicted molar refractivity (Wildman–Crippen MR) is 122 cm³/mol. The van der Waals surface area contributed by atoms with Gasteiger partial charge in [0.25, 0.3) is 5.91 Å².